The average molecular weight is 453 g/mol. The van der Waals surface area contributed by atoms with Crippen LogP contribution < -0.4 is 5.32 Å². The number of nitrogens with zero attached hydrogens (tertiary/aromatic N) is 5. The maximum absolute atomic E-state index is 12.7. The average Bonchev–Trinajstić information content (AvgIpc) is 3.31. The number of aryl methyl sites for hydroxylation is 1. The SMILES string of the molecule is CCn1cc(Br)c(-c2ccnc3cc(C(=O)Nc4ccc(C(C)=O)cc4)nn23)n1. The van der Waals surface area contributed by atoms with Crippen LogP contribution in [0.4, 0.5) is 5.69 Å². The molecule has 0 aliphatic rings. The van der Waals surface area contributed by atoms with E-state index in [1.807, 2.05) is 17.8 Å². The van der Waals surface area contributed by atoms with Gasteiger partial charge in [0.1, 0.15) is 5.69 Å². The largest absolute Gasteiger partial charge is 0.321 e. The molecule has 1 N–H and O–H groups in total. The first kappa shape index (κ1) is 19.0. The standard InChI is InChI=1S/C20H17BrN6O2/c1-3-26-11-15(21)19(25-26)17-8-9-22-18-10-16(24-27(17)18)20(29)23-14-6-4-13(5-7-14)12(2)28/h4-11H,3H2,1-2H3,(H,23,29). The van der Waals surface area contributed by atoms with Gasteiger partial charge >= 0.3 is 0 Å². The molecule has 4 aromatic rings. The van der Waals surface area contributed by atoms with Crippen LogP contribution in [0.5, 0.6) is 0 Å². The number of carbonyl (C=O) groups is 2. The highest BCUT2D eigenvalue weighted by Gasteiger charge is 2.17. The Morgan fingerprint density at radius 2 is 1.90 bits per heavy atom. The Bertz CT molecular complexity index is 1230. The molecule has 0 atom stereocenters. The maximum atomic E-state index is 12.7. The van der Waals surface area contributed by atoms with Crippen LogP contribution >= 0.6 is 15.9 Å². The van der Waals surface area contributed by atoms with Crippen molar-refractivity contribution in [2.24, 2.45) is 0 Å². The molecule has 4 rings (SSSR count). The van der Waals surface area contributed by atoms with Crippen molar-refractivity contribution >= 4 is 39.0 Å². The Hall–Kier alpha value is -3.33. The molecule has 8 nitrogen and oxygen atoms in total. The Kier molecular flexibility index (Phi) is 4.98. The minimum Gasteiger partial charge on any atom is -0.321 e. The van der Waals surface area contributed by atoms with Crippen molar-refractivity contribution in [3.8, 4) is 11.4 Å². The first-order valence-corrected chi connectivity index (χ1v) is 9.76. The van der Waals surface area contributed by atoms with Gasteiger partial charge in [0, 0.05) is 36.3 Å². The zero-order valence-corrected chi connectivity index (χ0v) is 17.3. The fraction of sp³-hybridized carbons (Fsp3) is 0.150. The van der Waals surface area contributed by atoms with E-state index in [-0.39, 0.29) is 17.4 Å². The van der Waals surface area contributed by atoms with Crippen LogP contribution in [0, 0.1) is 0 Å². The number of amides is 1. The zero-order chi connectivity index (χ0) is 20.5. The van der Waals surface area contributed by atoms with Gasteiger partial charge in [-0.3, -0.25) is 14.3 Å². The summed E-state index contributed by atoms with van der Waals surface area (Å²) >= 11 is 3.53. The first-order chi connectivity index (χ1) is 14.0. The molecule has 1 aromatic carbocycles. The number of aromatic nitrogens is 5. The lowest BCUT2D eigenvalue weighted by Crippen LogP contribution is -2.13. The third kappa shape index (κ3) is 3.68. The van der Waals surface area contributed by atoms with E-state index in [0.717, 1.165) is 16.7 Å². The smallest absolute Gasteiger partial charge is 0.276 e. The molecule has 146 valence electrons. The quantitative estimate of drug-likeness (QED) is 0.464. The van der Waals surface area contributed by atoms with E-state index in [1.54, 1.807) is 47.1 Å². The minimum atomic E-state index is -0.366. The summed E-state index contributed by atoms with van der Waals surface area (Å²) in [5.41, 5.74) is 3.37. The monoisotopic (exact) mass is 452 g/mol. The lowest BCUT2D eigenvalue weighted by molar-refractivity contribution is 0.101. The first-order valence-electron chi connectivity index (χ1n) is 8.96. The van der Waals surface area contributed by atoms with Gasteiger partial charge < -0.3 is 5.32 Å². The number of hydrogen-bond donors (Lipinski definition) is 1. The molecule has 0 aliphatic heterocycles. The number of nitrogens with one attached hydrogen (secondary N) is 1. The molecule has 0 radical (unpaired) electrons. The summed E-state index contributed by atoms with van der Waals surface area (Å²) < 4.78 is 4.24. The number of ketones is 1. The number of fused-ring (bicyclic) bond motifs is 1. The fourth-order valence-electron chi connectivity index (χ4n) is 2.90. The van der Waals surface area contributed by atoms with Crippen LogP contribution in [-0.2, 0) is 6.54 Å². The molecule has 0 saturated carbocycles. The molecule has 0 aliphatic carbocycles. The highest BCUT2D eigenvalue weighted by atomic mass is 79.9. The number of rotatable bonds is 5. The second-order valence-electron chi connectivity index (χ2n) is 6.40. The summed E-state index contributed by atoms with van der Waals surface area (Å²) in [5.74, 6) is -0.395. The van der Waals surface area contributed by atoms with Crippen LogP contribution in [0.2, 0.25) is 0 Å². The Morgan fingerprint density at radius 1 is 1.14 bits per heavy atom. The third-order valence-electron chi connectivity index (χ3n) is 4.42. The van der Waals surface area contributed by atoms with Crippen molar-refractivity contribution in [1.29, 1.82) is 0 Å². The summed E-state index contributed by atoms with van der Waals surface area (Å²) in [6.45, 7) is 4.24. The number of halogens is 1. The lowest BCUT2D eigenvalue weighted by atomic mass is 10.1. The normalized spacial score (nSPS) is 11.0. The minimum absolute atomic E-state index is 0.0292. The second kappa shape index (κ2) is 7.59. The molecule has 3 aromatic heterocycles. The van der Waals surface area contributed by atoms with Gasteiger partial charge in [0.15, 0.2) is 17.1 Å². The van der Waals surface area contributed by atoms with Crippen molar-refractivity contribution in [2.45, 2.75) is 20.4 Å². The topological polar surface area (TPSA) is 94.2 Å². The second-order valence-corrected chi connectivity index (χ2v) is 7.25. The van der Waals surface area contributed by atoms with Gasteiger partial charge in [-0.1, -0.05) is 0 Å². The molecule has 0 bridgehead atoms. The van der Waals surface area contributed by atoms with Gasteiger partial charge in [0.25, 0.3) is 5.91 Å². The number of anilines is 1. The molecular weight excluding hydrogens is 436 g/mol. The van der Waals surface area contributed by atoms with Crippen LogP contribution in [0.25, 0.3) is 17.0 Å². The zero-order valence-electron chi connectivity index (χ0n) is 15.8. The van der Waals surface area contributed by atoms with E-state index in [4.69, 9.17) is 0 Å². The highest BCUT2D eigenvalue weighted by molar-refractivity contribution is 9.10. The van der Waals surface area contributed by atoms with E-state index >= 15 is 0 Å². The lowest BCUT2D eigenvalue weighted by Gasteiger charge is -2.04. The Balaban J connectivity index is 1.66. The van der Waals surface area contributed by atoms with Gasteiger partial charge in [-0.15, -0.1) is 0 Å². The van der Waals surface area contributed by atoms with Gasteiger partial charge in [0.2, 0.25) is 0 Å². The van der Waals surface area contributed by atoms with E-state index in [0.29, 0.717) is 22.6 Å². The number of benzene rings is 1. The van der Waals surface area contributed by atoms with Crippen molar-refractivity contribution in [1.82, 2.24) is 24.4 Å². The van der Waals surface area contributed by atoms with Gasteiger partial charge in [-0.25, -0.2) is 9.50 Å². The van der Waals surface area contributed by atoms with Crippen molar-refractivity contribution < 1.29 is 9.59 Å². The molecule has 0 spiro atoms. The molecule has 0 fully saturated rings. The van der Waals surface area contributed by atoms with Gasteiger partial charge in [-0.05, 0) is 60.1 Å². The summed E-state index contributed by atoms with van der Waals surface area (Å²) in [6.07, 6.45) is 3.55. The van der Waals surface area contributed by atoms with Crippen molar-refractivity contribution in [3.05, 3.63) is 64.5 Å². The van der Waals surface area contributed by atoms with E-state index in [1.165, 1.54) is 6.92 Å². The molecular formula is C20H17BrN6O2. The van der Waals surface area contributed by atoms with E-state index < -0.39 is 0 Å². The highest BCUT2D eigenvalue weighted by Crippen LogP contribution is 2.27. The number of carbonyl (C=O) groups excluding carboxylic acids is 2. The molecule has 0 saturated heterocycles. The molecule has 3 heterocycles. The summed E-state index contributed by atoms with van der Waals surface area (Å²) in [6, 6.07) is 10.1. The predicted molar refractivity (Wildman–Crippen MR) is 112 cm³/mol. The maximum Gasteiger partial charge on any atom is 0.276 e. The molecule has 1 amide bonds. The Morgan fingerprint density at radius 3 is 2.55 bits per heavy atom. The number of hydrogen-bond acceptors (Lipinski definition) is 5. The third-order valence-corrected chi connectivity index (χ3v) is 5.00. The summed E-state index contributed by atoms with van der Waals surface area (Å²) in [7, 11) is 0. The Labute approximate surface area is 174 Å². The summed E-state index contributed by atoms with van der Waals surface area (Å²) in [5, 5.41) is 11.8. The van der Waals surface area contributed by atoms with Crippen molar-refractivity contribution in [2.75, 3.05) is 5.32 Å². The van der Waals surface area contributed by atoms with Gasteiger partial charge in [-0.2, -0.15) is 10.2 Å². The molecule has 29 heavy (non-hydrogen) atoms. The van der Waals surface area contributed by atoms with Crippen LogP contribution in [0.15, 0.2) is 53.3 Å². The van der Waals surface area contributed by atoms with Crippen LogP contribution in [-0.4, -0.2) is 36.1 Å². The van der Waals surface area contributed by atoms with Crippen molar-refractivity contribution in [3.63, 3.8) is 0 Å². The van der Waals surface area contributed by atoms with E-state index in [2.05, 4.69) is 36.4 Å². The molecule has 0 unspecified atom stereocenters. The van der Waals surface area contributed by atoms with Gasteiger partial charge in [0.05, 0.1) is 10.2 Å². The summed E-state index contributed by atoms with van der Waals surface area (Å²) in [4.78, 5) is 28.3. The fourth-order valence-corrected chi connectivity index (χ4v) is 3.42. The van der Waals surface area contributed by atoms with E-state index in [9.17, 15) is 9.59 Å². The molecule has 9 heteroatoms. The van der Waals surface area contributed by atoms with Crippen LogP contribution in [0.3, 0.4) is 0 Å². The number of Topliss-reactive ketones (excluding diaryl/α,β-unsaturated/α-hetero) is 1. The predicted octanol–water partition coefficient (Wildman–Crippen LogP) is 3.83. The van der Waals surface area contributed by atoms with Crippen LogP contribution in [0.1, 0.15) is 34.7 Å².